The molecule has 0 fully saturated rings. The molecule has 4 N–H and O–H groups in total. The number of benzene rings is 4. The van der Waals surface area contributed by atoms with Crippen LogP contribution in [0.5, 0.6) is 23.0 Å². The van der Waals surface area contributed by atoms with Crippen LogP contribution in [0.3, 0.4) is 0 Å². The fraction of sp³-hybridized carbons (Fsp3) is 0. The Morgan fingerprint density at radius 2 is 0.914 bits per heavy atom. The van der Waals surface area contributed by atoms with Crippen LogP contribution in [0.25, 0.3) is 11.1 Å². The van der Waals surface area contributed by atoms with Gasteiger partial charge in [-0.2, -0.15) is 3.71 Å². The van der Waals surface area contributed by atoms with Gasteiger partial charge in [0.25, 0.3) is 20.0 Å². The first-order chi connectivity index (χ1) is 16.5. The molecule has 11 heteroatoms. The Hall–Kier alpha value is -4.22. The van der Waals surface area contributed by atoms with E-state index >= 15 is 0 Å². The van der Waals surface area contributed by atoms with Crippen molar-refractivity contribution in [1.82, 2.24) is 0 Å². The van der Waals surface area contributed by atoms with Gasteiger partial charge in [0.1, 0.15) is 0 Å². The van der Waals surface area contributed by atoms with E-state index in [0.29, 0.717) is 5.56 Å². The van der Waals surface area contributed by atoms with Gasteiger partial charge in [-0.05, 0) is 47.5 Å². The van der Waals surface area contributed by atoms with Crippen molar-refractivity contribution in [1.29, 1.82) is 0 Å². The van der Waals surface area contributed by atoms with E-state index in [-0.39, 0.29) is 9.40 Å². The quantitative estimate of drug-likeness (QED) is 0.284. The molecule has 0 saturated carbocycles. The summed E-state index contributed by atoms with van der Waals surface area (Å²) in [6.07, 6.45) is 0. The van der Waals surface area contributed by atoms with Gasteiger partial charge >= 0.3 is 0 Å². The number of rotatable bonds is 6. The highest BCUT2D eigenvalue weighted by Crippen LogP contribution is 2.36. The van der Waals surface area contributed by atoms with Crippen LogP contribution in [0, 0.1) is 0 Å². The predicted octanol–water partition coefficient (Wildman–Crippen LogP) is 3.76. The minimum absolute atomic E-state index is 0.159. The van der Waals surface area contributed by atoms with Crippen LogP contribution in [0.2, 0.25) is 0 Å². The lowest BCUT2D eigenvalue weighted by Gasteiger charge is -2.24. The van der Waals surface area contributed by atoms with Crippen LogP contribution in [0.4, 0.5) is 5.69 Å². The molecule has 0 bridgehead atoms. The Kier molecular flexibility index (Phi) is 6.05. The Balaban J connectivity index is 1.91. The largest absolute Gasteiger partial charge is 0.504 e. The molecule has 0 saturated heterocycles. The topological polar surface area (TPSA) is 152 Å². The van der Waals surface area contributed by atoms with Crippen LogP contribution >= 0.6 is 0 Å². The summed E-state index contributed by atoms with van der Waals surface area (Å²) in [5.74, 6) is -2.70. The van der Waals surface area contributed by atoms with Gasteiger partial charge in [-0.15, -0.1) is 0 Å². The molecule has 180 valence electrons. The molecule has 0 amide bonds. The van der Waals surface area contributed by atoms with E-state index < -0.39 is 52.8 Å². The maximum Gasteiger partial charge on any atom is 0.277 e. The molecule has 0 aliphatic carbocycles. The molecule has 4 aromatic rings. The zero-order chi connectivity index (χ0) is 25.4. The first kappa shape index (κ1) is 23.9. The fourth-order valence-corrected chi connectivity index (χ4v) is 7.06. The van der Waals surface area contributed by atoms with Gasteiger partial charge in [0.15, 0.2) is 23.0 Å². The molecule has 4 aromatic carbocycles. The van der Waals surface area contributed by atoms with Crippen molar-refractivity contribution in [2.45, 2.75) is 9.79 Å². The third-order valence-corrected chi connectivity index (χ3v) is 9.28. The van der Waals surface area contributed by atoms with Crippen molar-refractivity contribution < 1.29 is 37.3 Å². The van der Waals surface area contributed by atoms with Gasteiger partial charge in [-0.3, -0.25) is 0 Å². The molecule has 35 heavy (non-hydrogen) atoms. The number of phenols is 4. The summed E-state index contributed by atoms with van der Waals surface area (Å²) in [6, 6.07) is 20.0. The van der Waals surface area contributed by atoms with E-state index in [2.05, 4.69) is 0 Å². The summed E-state index contributed by atoms with van der Waals surface area (Å²) in [5, 5.41) is 38.8. The second kappa shape index (κ2) is 8.85. The van der Waals surface area contributed by atoms with Crippen LogP contribution in [-0.2, 0) is 20.0 Å². The monoisotopic (exact) mass is 513 g/mol. The van der Waals surface area contributed by atoms with E-state index in [4.69, 9.17) is 0 Å². The number of nitrogens with zero attached hydrogens (tertiary/aromatic N) is 1. The lowest BCUT2D eigenvalue weighted by atomic mass is 10.1. The van der Waals surface area contributed by atoms with E-state index in [0.717, 1.165) is 42.0 Å². The molecular formula is C24H19NO8S2. The van der Waals surface area contributed by atoms with E-state index in [9.17, 15) is 37.3 Å². The summed E-state index contributed by atoms with van der Waals surface area (Å²) < 4.78 is 54.4. The van der Waals surface area contributed by atoms with Crippen molar-refractivity contribution in [3.8, 4) is 34.1 Å². The molecule has 0 aliphatic heterocycles. The number of sulfonamides is 2. The molecule has 0 heterocycles. The van der Waals surface area contributed by atoms with Crippen LogP contribution in [0.1, 0.15) is 0 Å². The Morgan fingerprint density at radius 1 is 0.486 bits per heavy atom. The number of anilines is 1. The van der Waals surface area contributed by atoms with Gasteiger partial charge in [0.2, 0.25) is 0 Å². The average Bonchev–Trinajstić information content (AvgIpc) is 2.83. The number of phenolic OH excluding ortho intramolecular Hbond substituents is 4. The smallest absolute Gasteiger partial charge is 0.277 e. The second-order valence-electron chi connectivity index (χ2n) is 7.42. The zero-order valence-electron chi connectivity index (χ0n) is 17.8. The standard InChI is InChI=1S/C24H19NO8S2/c26-21-12-10-19(14-23(21)28)34(30,31)25(35(32,33)20-11-13-22(27)24(29)15-20)18-8-6-17(7-9-18)16-4-2-1-3-5-16/h1-15,26-29H. The minimum Gasteiger partial charge on any atom is -0.504 e. The summed E-state index contributed by atoms with van der Waals surface area (Å²) in [4.78, 5) is -1.21. The number of hydrogen-bond donors (Lipinski definition) is 4. The minimum atomic E-state index is -4.87. The third kappa shape index (κ3) is 4.46. The van der Waals surface area contributed by atoms with Crippen molar-refractivity contribution in [2.75, 3.05) is 3.71 Å². The summed E-state index contributed by atoms with van der Waals surface area (Å²) in [5.41, 5.74) is 1.28. The van der Waals surface area contributed by atoms with Crippen LogP contribution in [-0.4, -0.2) is 37.3 Å². The molecule has 0 unspecified atom stereocenters. The Labute approximate surface area is 201 Å². The Morgan fingerprint density at radius 3 is 1.34 bits per heavy atom. The van der Waals surface area contributed by atoms with Crippen molar-refractivity contribution in [3.63, 3.8) is 0 Å². The summed E-state index contributed by atoms with van der Waals surface area (Å²) in [7, 11) is -9.74. The normalized spacial score (nSPS) is 11.8. The highest BCUT2D eigenvalue weighted by Gasteiger charge is 2.37. The lowest BCUT2D eigenvalue weighted by Crippen LogP contribution is -2.37. The third-order valence-electron chi connectivity index (χ3n) is 5.11. The highest BCUT2D eigenvalue weighted by atomic mass is 32.3. The summed E-state index contributed by atoms with van der Waals surface area (Å²) in [6.45, 7) is 0. The molecule has 0 atom stereocenters. The average molecular weight is 514 g/mol. The second-order valence-corrected chi connectivity index (χ2v) is 11.2. The zero-order valence-corrected chi connectivity index (χ0v) is 19.5. The van der Waals surface area contributed by atoms with Crippen LogP contribution in [0.15, 0.2) is 101 Å². The van der Waals surface area contributed by atoms with Gasteiger partial charge in [0.05, 0.1) is 15.5 Å². The highest BCUT2D eigenvalue weighted by molar-refractivity contribution is 8.10. The summed E-state index contributed by atoms with van der Waals surface area (Å²) >= 11 is 0. The first-order valence-electron chi connectivity index (χ1n) is 10.0. The first-order valence-corrected chi connectivity index (χ1v) is 12.9. The van der Waals surface area contributed by atoms with Crippen molar-refractivity contribution in [3.05, 3.63) is 91.0 Å². The molecule has 0 spiro atoms. The van der Waals surface area contributed by atoms with Gasteiger partial charge in [0, 0.05) is 12.1 Å². The van der Waals surface area contributed by atoms with Gasteiger partial charge in [-0.1, -0.05) is 42.5 Å². The predicted molar refractivity (Wildman–Crippen MR) is 128 cm³/mol. The number of aromatic hydroxyl groups is 4. The van der Waals surface area contributed by atoms with E-state index in [1.54, 1.807) is 12.1 Å². The number of hydrogen-bond acceptors (Lipinski definition) is 8. The lowest BCUT2D eigenvalue weighted by molar-refractivity contribution is 0.402. The maximum atomic E-state index is 13.6. The van der Waals surface area contributed by atoms with E-state index in [1.807, 2.05) is 30.3 Å². The SMILES string of the molecule is O=S(=O)(c1ccc(O)c(O)c1)N(c1ccc(-c2ccccc2)cc1)S(=O)(=O)c1ccc(O)c(O)c1. The van der Waals surface area contributed by atoms with Crippen LogP contribution < -0.4 is 3.71 Å². The maximum absolute atomic E-state index is 13.6. The van der Waals surface area contributed by atoms with Gasteiger partial charge < -0.3 is 20.4 Å². The molecular weight excluding hydrogens is 494 g/mol. The van der Waals surface area contributed by atoms with Gasteiger partial charge in [-0.25, -0.2) is 16.8 Å². The molecule has 0 radical (unpaired) electrons. The van der Waals surface area contributed by atoms with Crippen molar-refractivity contribution in [2.24, 2.45) is 0 Å². The Bertz CT molecular complexity index is 1520. The molecule has 4 rings (SSSR count). The molecule has 0 aromatic heterocycles. The molecule has 9 nitrogen and oxygen atoms in total. The molecule has 0 aliphatic rings. The van der Waals surface area contributed by atoms with Crippen molar-refractivity contribution >= 4 is 25.7 Å². The van der Waals surface area contributed by atoms with E-state index in [1.165, 1.54) is 12.1 Å². The fourth-order valence-electron chi connectivity index (χ4n) is 3.33.